The molecule has 2 N–H and O–H groups in total. The van der Waals surface area contributed by atoms with Gasteiger partial charge in [-0.3, -0.25) is 4.79 Å². The lowest BCUT2D eigenvalue weighted by Crippen LogP contribution is -2.32. The van der Waals surface area contributed by atoms with E-state index in [4.69, 9.17) is 4.74 Å². The average Bonchev–Trinajstić information content (AvgIpc) is 2.61. The number of benzene rings is 2. The highest BCUT2D eigenvalue weighted by Crippen LogP contribution is 2.19. The first-order valence-electron chi connectivity index (χ1n) is 8.83. The van der Waals surface area contributed by atoms with Crippen LogP contribution in [0, 0.1) is 13.8 Å². The second kappa shape index (κ2) is 9.01. The Hall–Kier alpha value is -2.38. The first-order valence-corrected chi connectivity index (χ1v) is 10.3. The van der Waals surface area contributed by atoms with Crippen molar-refractivity contribution in [3.05, 3.63) is 53.6 Å². The van der Waals surface area contributed by atoms with Gasteiger partial charge in [0.25, 0.3) is 5.91 Å². The van der Waals surface area contributed by atoms with Gasteiger partial charge < -0.3 is 10.1 Å². The highest BCUT2D eigenvalue weighted by atomic mass is 32.2. The molecule has 1 unspecified atom stereocenters. The summed E-state index contributed by atoms with van der Waals surface area (Å²) in [5.41, 5.74) is 2.60. The molecule has 0 radical (unpaired) electrons. The summed E-state index contributed by atoms with van der Waals surface area (Å²) in [7, 11) is -3.56. The fourth-order valence-electron chi connectivity index (χ4n) is 2.44. The zero-order valence-corrected chi connectivity index (χ0v) is 16.9. The molecule has 0 aromatic heterocycles. The topological polar surface area (TPSA) is 84.5 Å². The van der Waals surface area contributed by atoms with Crippen LogP contribution in [0.5, 0.6) is 5.75 Å². The maximum atomic E-state index is 12.2. The third-order valence-corrected chi connectivity index (χ3v) is 5.71. The highest BCUT2D eigenvalue weighted by Gasteiger charge is 2.16. The van der Waals surface area contributed by atoms with Crippen molar-refractivity contribution in [2.45, 2.75) is 45.1 Å². The lowest BCUT2D eigenvalue weighted by Gasteiger charge is -2.13. The van der Waals surface area contributed by atoms with Crippen molar-refractivity contribution in [2.24, 2.45) is 0 Å². The summed E-state index contributed by atoms with van der Waals surface area (Å²) in [5, 5.41) is 2.69. The van der Waals surface area contributed by atoms with E-state index in [1.807, 2.05) is 45.9 Å². The van der Waals surface area contributed by atoms with Crippen LogP contribution < -0.4 is 14.8 Å². The van der Waals surface area contributed by atoms with E-state index in [0.29, 0.717) is 17.9 Å². The fraction of sp³-hybridized carbons (Fsp3) is 0.350. The van der Waals surface area contributed by atoms with Gasteiger partial charge in [-0.05, 0) is 63.1 Å². The number of anilines is 1. The van der Waals surface area contributed by atoms with Crippen molar-refractivity contribution in [1.29, 1.82) is 0 Å². The van der Waals surface area contributed by atoms with Crippen molar-refractivity contribution < 1.29 is 17.9 Å². The van der Waals surface area contributed by atoms with Gasteiger partial charge >= 0.3 is 0 Å². The molecule has 0 aliphatic rings. The van der Waals surface area contributed by atoms with Crippen molar-refractivity contribution in [3.8, 4) is 5.75 Å². The summed E-state index contributed by atoms with van der Waals surface area (Å²) < 4.78 is 32.6. The Bertz CT molecular complexity index is 893. The zero-order valence-electron chi connectivity index (χ0n) is 16.1. The predicted molar refractivity (Wildman–Crippen MR) is 107 cm³/mol. The summed E-state index contributed by atoms with van der Waals surface area (Å²) in [6.07, 6.45) is 0.702. The van der Waals surface area contributed by atoms with E-state index in [1.165, 1.54) is 12.1 Å². The second-order valence-electron chi connectivity index (χ2n) is 6.56. The number of hydrogen-bond donors (Lipinski definition) is 2. The molecule has 27 heavy (non-hydrogen) atoms. The lowest BCUT2D eigenvalue weighted by atomic mass is 10.1. The summed E-state index contributed by atoms with van der Waals surface area (Å²) in [4.78, 5) is 12.2. The molecule has 146 valence electrons. The van der Waals surface area contributed by atoms with Gasteiger partial charge in [-0.25, -0.2) is 13.1 Å². The third-order valence-electron chi connectivity index (χ3n) is 4.11. The summed E-state index contributed by atoms with van der Waals surface area (Å²) in [5.74, 6) is 0.344. The molecule has 0 aliphatic heterocycles. The maximum absolute atomic E-state index is 12.2. The summed E-state index contributed by atoms with van der Waals surface area (Å²) >= 11 is 0. The maximum Gasteiger partial charge on any atom is 0.262 e. The molecule has 7 heteroatoms. The molecule has 0 bridgehead atoms. The molecule has 0 heterocycles. The van der Waals surface area contributed by atoms with E-state index >= 15 is 0 Å². The monoisotopic (exact) mass is 390 g/mol. The number of rotatable bonds is 8. The number of aryl methyl sites for hydroxylation is 2. The first kappa shape index (κ1) is 20.9. The van der Waals surface area contributed by atoms with E-state index in [-0.39, 0.29) is 23.5 Å². The standard InChI is InChI=1S/C20H26N2O4S/c1-5-16(4)22-27(24,25)18-9-7-17(8-10-18)21-20(23)13-26-19-11-6-14(2)12-15(19)3/h6-12,16,22H,5,13H2,1-4H3,(H,21,23). The van der Waals surface area contributed by atoms with E-state index in [1.54, 1.807) is 12.1 Å². The van der Waals surface area contributed by atoms with Crippen molar-refractivity contribution in [1.82, 2.24) is 4.72 Å². The Balaban J connectivity index is 1.94. The first-order chi connectivity index (χ1) is 12.7. The minimum Gasteiger partial charge on any atom is -0.483 e. The average molecular weight is 391 g/mol. The number of carbonyl (C=O) groups is 1. The van der Waals surface area contributed by atoms with Crippen LogP contribution in [0.4, 0.5) is 5.69 Å². The van der Waals surface area contributed by atoms with Crippen LogP contribution in [0.1, 0.15) is 31.4 Å². The van der Waals surface area contributed by atoms with Gasteiger partial charge in [0.15, 0.2) is 6.61 Å². The number of sulfonamides is 1. The molecule has 0 saturated carbocycles. The molecule has 0 saturated heterocycles. The van der Waals surface area contributed by atoms with Crippen LogP contribution in [0.2, 0.25) is 0 Å². The van der Waals surface area contributed by atoms with Crippen LogP contribution in [0.3, 0.4) is 0 Å². The number of carbonyl (C=O) groups excluding carboxylic acids is 1. The minimum atomic E-state index is -3.56. The number of hydrogen-bond acceptors (Lipinski definition) is 4. The Kier molecular flexibility index (Phi) is 6.98. The Morgan fingerprint density at radius 1 is 1.11 bits per heavy atom. The van der Waals surface area contributed by atoms with Gasteiger partial charge in [0.2, 0.25) is 10.0 Å². The largest absolute Gasteiger partial charge is 0.483 e. The van der Waals surface area contributed by atoms with Gasteiger partial charge in [-0.15, -0.1) is 0 Å². The molecule has 0 spiro atoms. The van der Waals surface area contributed by atoms with Gasteiger partial charge in [0.1, 0.15) is 5.75 Å². The molecule has 2 rings (SSSR count). The lowest BCUT2D eigenvalue weighted by molar-refractivity contribution is -0.118. The molecule has 6 nitrogen and oxygen atoms in total. The smallest absolute Gasteiger partial charge is 0.262 e. The molecular weight excluding hydrogens is 364 g/mol. The van der Waals surface area contributed by atoms with E-state index in [0.717, 1.165) is 11.1 Å². The van der Waals surface area contributed by atoms with E-state index < -0.39 is 10.0 Å². The van der Waals surface area contributed by atoms with E-state index in [2.05, 4.69) is 10.0 Å². The van der Waals surface area contributed by atoms with Crippen molar-refractivity contribution in [2.75, 3.05) is 11.9 Å². The summed E-state index contributed by atoms with van der Waals surface area (Å²) in [6.45, 7) is 7.51. The van der Waals surface area contributed by atoms with Crippen LogP contribution >= 0.6 is 0 Å². The number of amides is 1. The molecule has 2 aromatic carbocycles. The number of ether oxygens (including phenoxy) is 1. The second-order valence-corrected chi connectivity index (χ2v) is 8.27. The Labute approximate surface area is 161 Å². The van der Waals surface area contributed by atoms with E-state index in [9.17, 15) is 13.2 Å². The molecular formula is C20H26N2O4S. The van der Waals surface area contributed by atoms with Crippen LogP contribution in [0.25, 0.3) is 0 Å². The van der Waals surface area contributed by atoms with Gasteiger partial charge in [0, 0.05) is 11.7 Å². The molecule has 1 amide bonds. The van der Waals surface area contributed by atoms with Crippen LogP contribution in [0.15, 0.2) is 47.4 Å². The molecule has 1 atom stereocenters. The zero-order chi connectivity index (χ0) is 20.0. The predicted octanol–water partition coefficient (Wildman–Crippen LogP) is 3.40. The quantitative estimate of drug-likeness (QED) is 0.723. The van der Waals surface area contributed by atoms with Gasteiger partial charge in [0.05, 0.1) is 4.90 Å². The van der Waals surface area contributed by atoms with Crippen LogP contribution in [-0.2, 0) is 14.8 Å². The normalized spacial score (nSPS) is 12.4. The molecule has 0 fully saturated rings. The van der Waals surface area contributed by atoms with Crippen molar-refractivity contribution in [3.63, 3.8) is 0 Å². The SMILES string of the molecule is CCC(C)NS(=O)(=O)c1ccc(NC(=O)COc2ccc(C)cc2C)cc1. The minimum absolute atomic E-state index is 0.125. The fourth-order valence-corrected chi connectivity index (χ4v) is 3.76. The number of nitrogens with one attached hydrogen (secondary N) is 2. The van der Waals surface area contributed by atoms with Crippen molar-refractivity contribution >= 4 is 21.6 Å². The third kappa shape index (κ3) is 6.08. The summed E-state index contributed by atoms with van der Waals surface area (Å²) in [6, 6.07) is 11.6. The molecule has 2 aromatic rings. The molecule has 0 aliphatic carbocycles. The highest BCUT2D eigenvalue weighted by molar-refractivity contribution is 7.89. The van der Waals surface area contributed by atoms with Crippen LogP contribution in [-0.4, -0.2) is 27.0 Å². The van der Waals surface area contributed by atoms with Gasteiger partial charge in [-0.1, -0.05) is 24.6 Å². The Morgan fingerprint density at radius 3 is 2.37 bits per heavy atom. The van der Waals surface area contributed by atoms with Gasteiger partial charge in [-0.2, -0.15) is 0 Å². The Morgan fingerprint density at radius 2 is 1.78 bits per heavy atom.